The van der Waals surface area contributed by atoms with Crippen LogP contribution in [-0.2, 0) is 6.54 Å². The summed E-state index contributed by atoms with van der Waals surface area (Å²) >= 11 is 1.72. The monoisotopic (exact) mass is 406 g/mol. The molecule has 1 aromatic carbocycles. The second-order valence-electron chi connectivity index (χ2n) is 7.04. The highest BCUT2D eigenvalue weighted by Crippen LogP contribution is 2.23. The number of anilines is 1. The number of thiophene rings is 1. The number of nitrogens with one attached hydrogen (secondary N) is 1. The van der Waals surface area contributed by atoms with Gasteiger partial charge in [-0.05, 0) is 73.3 Å². The lowest BCUT2D eigenvalue weighted by atomic mass is 10.1. The van der Waals surface area contributed by atoms with Crippen molar-refractivity contribution in [2.45, 2.75) is 34.2 Å². The first kappa shape index (κ1) is 19.1. The Morgan fingerprint density at radius 3 is 2.66 bits per heavy atom. The summed E-state index contributed by atoms with van der Waals surface area (Å²) in [5.41, 5.74) is 5.27. The molecule has 148 valence electrons. The number of tetrazole rings is 1. The van der Waals surface area contributed by atoms with Gasteiger partial charge in [0.25, 0.3) is 5.91 Å². The molecule has 1 amide bonds. The van der Waals surface area contributed by atoms with Gasteiger partial charge in [0.1, 0.15) is 0 Å². The highest BCUT2D eigenvalue weighted by atomic mass is 32.1. The highest BCUT2D eigenvalue weighted by molar-refractivity contribution is 7.09. The molecule has 0 spiro atoms. The van der Waals surface area contributed by atoms with E-state index in [2.05, 4.69) is 36.9 Å². The Balaban J connectivity index is 1.60. The number of carbonyl (C=O) groups excluding carboxylic acids is 1. The molecule has 0 aliphatic heterocycles. The van der Waals surface area contributed by atoms with Gasteiger partial charge in [0.05, 0.1) is 17.8 Å². The molecule has 0 radical (unpaired) electrons. The van der Waals surface area contributed by atoms with E-state index < -0.39 is 0 Å². The number of carbonyl (C=O) groups is 1. The van der Waals surface area contributed by atoms with Crippen molar-refractivity contribution in [2.24, 2.45) is 0 Å². The number of amides is 1. The quantitative estimate of drug-likeness (QED) is 0.542. The summed E-state index contributed by atoms with van der Waals surface area (Å²) in [5.74, 6) is 0.562. The van der Waals surface area contributed by atoms with E-state index in [0.717, 1.165) is 29.2 Å². The van der Waals surface area contributed by atoms with Crippen LogP contribution >= 0.6 is 11.3 Å². The molecule has 0 saturated heterocycles. The van der Waals surface area contributed by atoms with E-state index in [1.54, 1.807) is 16.0 Å². The minimum absolute atomic E-state index is 0.126. The van der Waals surface area contributed by atoms with Crippen molar-refractivity contribution in [1.29, 1.82) is 0 Å². The maximum Gasteiger partial charge on any atom is 0.257 e. The topological polar surface area (TPSA) is 77.6 Å². The van der Waals surface area contributed by atoms with Crippen LogP contribution in [0.1, 0.15) is 38.0 Å². The average Bonchev–Trinajstić information content (AvgIpc) is 3.41. The Kier molecular flexibility index (Phi) is 5.02. The van der Waals surface area contributed by atoms with Crippen LogP contribution in [0, 0.1) is 27.7 Å². The fraction of sp³-hybridized carbons (Fsp3) is 0.238. The third-order valence-corrected chi connectivity index (χ3v) is 5.89. The number of hydrogen-bond donors (Lipinski definition) is 1. The summed E-state index contributed by atoms with van der Waals surface area (Å²) in [6, 6.07) is 11.8. The lowest BCUT2D eigenvalue weighted by Gasteiger charge is -2.11. The molecule has 3 aromatic heterocycles. The van der Waals surface area contributed by atoms with Crippen LogP contribution in [0.5, 0.6) is 0 Å². The Morgan fingerprint density at radius 1 is 1.14 bits per heavy atom. The van der Waals surface area contributed by atoms with Gasteiger partial charge in [0.15, 0.2) is 5.82 Å². The van der Waals surface area contributed by atoms with Gasteiger partial charge in [0.2, 0.25) is 0 Å². The summed E-state index contributed by atoms with van der Waals surface area (Å²) in [4.78, 5) is 14.2. The van der Waals surface area contributed by atoms with E-state index >= 15 is 0 Å². The smallest absolute Gasteiger partial charge is 0.257 e. The minimum Gasteiger partial charge on any atom is -0.343 e. The van der Waals surface area contributed by atoms with Crippen LogP contribution in [0.25, 0.3) is 5.69 Å². The van der Waals surface area contributed by atoms with Gasteiger partial charge in [0, 0.05) is 22.0 Å². The van der Waals surface area contributed by atoms with Crippen LogP contribution in [0.4, 0.5) is 5.69 Å². The molecule has 0 unspecified atom stereocenters. The zero-order valence-corrected chi connectivity index (χ0v) is 17.6. The number of hydrogen-bond acceptors (Lipinski definition) is 5. The summed E-state index contributed by atoms with van der Waals surface area (Å²) in [5, 5.41) is 16.8. The van der Waals surface area contributed by atoms with Crippen molar-refractivity contribution in [2.75, 3.05) is 5.32 Å². The molecule has 0 saturated carbocycles. The van der Waals surface area contributed by atoms with Gasteiger partial charge >= 0.3 is 0 Å². The molecular formula is C21H22N6OS. The first-order valence-corrected chi connectivity index (χ1v) is 10.2. The fourth-order valence-corrected chi connectivity index (χ4v) is 4.09. The normalized spacial score (nSPS) is 11.0. The Morgan fingerprint density at radius 2 is 1.97 bits per heavy atom. The second-order valence-corrected chi connectivity index (χ2v) is 8.08. The number of rotatable bonds is 5. The van der Waals surface area contributed by atoms with Crippen molar-refractivity contribution in [3.05, 3.63) is 75.0 Å². The minimum atomic E-state index is -0.126. The molecule has 0 bridgehead atoms. The first-order chi connectivity index (χ1) is 13.9. The van der Waals surface area contributed by atoms with Crippen molar-refractivity contribution >= 4 is 22.9 Å². The summed E-state index contributed by atoms with van der Waals surface area (Å²) in [6.07, 6.45) is 0. The number of nitrogens with zero attached hydrogens (tertiary/aromatic N) is 5. The predicted molar refractivity (Wildman–Crippen MR) is 114 cm³/mol. The van der Waals surface area contributed by atoms with Crippen molar-refractivity contribution in [1.82, 2.24) is 24.8 Å². The molecule has 0 aliphatic carbocycles. The molecule has 3 heterocycles. The summed E-state index contributed by atoms with van der Waals surface area (Å²) in [7, 11) is 0. The summed E-state index contributed by atoms with van der Waals surface area (Å²) < 4.78 is 3.84. The molecule has 7 nitrogen and oxygen atoms in total. The van der Waals surface area contributed by atoms with E-state index in [4.69, 9.17) is 0 Å². The zero-order valence-electron chi connectivity index (χ0n) is 16.8. The van der Waals surface area contributed by atoms with E-state index in [0.29, 0.717) is 17.1 Å². The van der Waals surface area contributed by atoms with Gasteiger partial charge in [-0.3, -0.25) is 4.79 Å². The maximum atomic E-state index is 13.0. The van der Waals surface area contributed by atoms with Gasteiger partial charge in [-0.25, -0.2) is 0 Å². The van der Waals surface area contributed by atoms with Crippen molar-refractivity contribution < 1.29 is 4.79 Å². The number of aromatic nitrogens is 5. The molecule has 0 fully saturated rings. The lowest BCUT2D eigenvalue weighted by Crippen LogP contribution is -2.14. The van der Waals surface area contributed by atoms with Crippen LogP contribution in [0.15, 0.2) is 41.8 Å². The first-order valence-electron chi connectivity index (χ1n) is 9.30. The Hall–Kier alpha value is -3.26. The third kappa shape index (κ3) is 3.71. The SMILES string of the molecule is Cc1ccc(NC(=O)c2cc(C)n(Cc3cccs3)c2C)cc1-n1nnnc1C. The predicted octanol–water partition coefficient (Wildman–Crippen LogP) is 4.06. The Labute approximate surface area is 173 Å². The van der Waals surface area contributed by atoms with Crippen LogP contribution in [0.3, 0.4) is 0 Å². The number of aryl methyl sites for hydroxylation is 3. The molecule has 29 heavy (non-hydrogen) atoms. The van der Waals surface area contributed by atoms with Gasteiger partial charge in [-0.15, -0.1) is 16.4 Å². The van der Waals surface area contributed by atoms with Crippen LogP contribution in [0.2, 0.25) is 0 Å². The molecule has 0 atom stereocenters. The number of benzene rings is 1. The molecule has 8 heteroatoms. The van der Waals surface area contributed by atoms with Crippen molar-refractivity contribution in [3.8, 4) is 5.69 Å². The fourth-order valence-electron chi connectivity index (χ4n) is 3.40. The third-order valence-electron chi connectivity index (χ3n) is 5.03. The van der Waals surface area contributed by atoms with Crippen molar-refractivity contribution in [3.63, 3.8) is 0 Å². The standard InChI is InChI=1S/C21H22N6OS/c1-13-7-8-17(11-20(13)27-16(4)23-24-25-27)22-21(28)19-10-14(2)26(15(19)3)12-18-6-5-9-29-18/h5-11H,12H2,1-4H3,(H,22,28). The van der Waals surface area contributed by atoms with E-state index in [1.807, 2.05) is 58.0 Å². The summed E-state index contributed by atoms with van der Waals surface area (Å²) in [6.45, 7) is 8.62. The lowest BCUT2D eigenvalue weighted by molar-refractivity contribution is 0.102. The van der Waals surface area contributed by atoms with Gasteiger partial charge in [-0.1, -0.05) is 12.1 Å². The van der Waals surface area contributed by atoms with Crippen LogP contribution in [-0.4, -0.2) is 30.7 Å². The maximum absolute atomic E-state index is 13.0. The molecular weight excluding hydrogens is 384 g/mol. The largest absolute Gasteiger partial charge is 0.343 e. The zero-order chi connectivity index (χ0) is 20.5. The molecule has 1 N–H and O–H groups in total. The van der Waals surface area contributed by atoms with Gasteiger partial charge < -0.3 is 9.88 Å². The highest BCUT2D eigenvalue weighted by Gasteiger charge is 2.17. The molecule has 4 aromatic rings. The second kappa shape index (κ2) is 7.63. The van der Waals surface area contributed by atoms with E-state index in [-0.39, 0.29) is 5.91 Å². The Bertz CT molecular complexity index is 1170. The molecule has 4 rings (SSSR count). The van der Waals surface area contributed by atoms with Gasteiger partial charge in [-0.2, -0.15) is 4.68 Å². The van der Waals surface area contributed by atoms with Crippen LogP contribution < -0.4 is 5.32 Å². The average molecular weight is 407 g/mol. The van der Waals surface area contributed by atoms with E-state index in [9.17, 15) is 4.79 Å². The van der Waals surface area contributed by atoms with E-state index in [1.165, 1.54) is 4.88 Å². The molecule has 0 aliphatic rings.